The highest BCUT2D eigenvalue weighted by Gasteiger charge is 2.12. The van der Waals surface area contributed by atoms with E-state index in [1.807, 2.05) is 42.5 Å². The maximum atomic E-state index is 12.1. The molecule has 2 amide bonds. The lowest BCUT2D eigenvalue weighted by Gasteiger charge is -2.20. The number of anilines is 1. The van der Waals surface area contributed by atoms with E-state index in [1.165, 1.54) is 12.5 Å². The van der Waals surface area contributed by atoms with Crippen molar-refractivity contribution in [1.82, 2.24) is 9.88 Å². The van der Waals surface area contributed by atoms with Crippen molar-refractivity contribution in [3.63, 3.8) is 0 Å². The molecule has 0 aliphatic heterocycles. The van der Waals surface area contributed by atoms with E-state index >= 15 is 0 Å². The molecule has 0 saturated heterocycles. The first-order valence-corrected chi connectivity index (χ1v) is 8.51. The second-order valence-corrected chi connectivity index (χ2v) is 6.34. The number of aromatic nitrogens is 1. The smallest absolute Gasteiger partial charge is 0.226 e. The number of pyridine rings is 1. The second kappa shape index (κ2) is 8.97. The predicted molar refractivity (Wildman–Crippen MR) is 99.1 cm³/mol. The summed E-state index contributed by atoms with van der Waals surface area (Å²) in [7, 11) is 0. The summed E-state index contributed by atoms with van der Waals surface area (Å²) >= 11 is 0. The third-order valence-electron chi connectivity index (χ3n) is 3.99. The summed E-state index contributed by atoms with van der Waals surface area (Å²) in [5.74, 6) is 0.282. The van der Waals surface area contributed by atoms with Crippen LogP contribution >= 0.6 is 0 Å². The van der Waals surface area contributed by atoms with Crippen molar-refractivity contribution < 1.29 is 9.59 Å². The average Bonchev–Trinajstić information content (AvgIpc) is 2.59. The Labute approximate surface area is 149 Å². The maximum absolute atomic E-state index is 12.1. The van der Waals surface area contributed by atoms with Crippen molar-refractivity contribution in [2.24, 2.45) is 0 Å². The van der Waals surface area contributed by atoms with Crippen molar-refractivity contribution in [1.29, 1.82) is 0 Å². The van der Waals surface area contributed by atoms with Crippen LogP contribution in [0, 0.1) is 0 Å². The van der Waals surface area contributed by atoms with Gasteiger partial charge in [-0.2, -0.15) is 0 Å². The van der Waals surface area contributed by atoms with Gasteiger partial charge in [0.15, 0.2) is 0 Å². The van der Waals surface area contributed by atoms with Crippen LogP contribution in [0.15, 0.2) is 48.7 Å². The molecule has 0 spiro atoms. The summed E-state index contributed by atoms with van der Waals surface area (Å²) in [5.41, 5.74) is 2.81. The number of nitrogens with zero attached hydrogens (tertiary/aromatic N) is 2. The van der Waals surface area contributed by atoms with Crippen molar-refractivity contribution in [2.45, 2.75) is 39.7 Å². The van der Waals surface area contributed by atoms with Gasteiger partial charge in [0.25, 0.3) is 0 Å². The molecule has 1 N–H and O–H groups in total. The number of hydrogen-bond acceptors (Lipinski definition) is 3. The minimum atomic E-state index is -0.107. The number of carbonyl (C=O) groups excluding carboxylic acids is 2. The van der Waals surface area contributed by atoms with Gasteiger partial charge < -0.3 is 10.2 Å². The minimum Gasteiger partial charge on any atom is -0.337 e. The van der Waals surface area contributed by atoms with Gasteiger partial charge >= 0.3 is 0 Å². The summed E-state index contributed by atoms with van der Waals surface area (Å²) in [4.78, 5) is 29.8. The van der Waals surface area contributed by atoms with Gasteiger partial charge in [0, 0.05) is 31.8 Å². The molecule has 1 aromatic carbocycles. The van der Waals surface area contributed by atoms with E-state index in [9.17, 15) is 9.59 Å². The Morgan fingerprint density at radius 2 is 1.84 bits per heavy atom. The Morgan fingerprint density at radius 1 is 1.12 bits per heavy atom. The largest absolute Gasteiger partial charge is 0.337 e. The molecule has 0 atom stereocenters. The molecule has 1 aromatic heterocycles. The van der Waals surface area contributed by atoms with E-state index in [-0.39, 0.29) is 18.2 Å². The van der Waals surface area contributed by atoms with Crippen LogP contribution in [0.2, 0.25) is 0 Å². The molecule has 0 aliphatic rings. The first-order valence-electron chi connectivity index (χ1n) is 8.51. The molecular weight excluding hydrogens is 314 g/mol. The lowest BCUT2D eigenvalue weighted by molar-refractivity contribution is -0.130. The van der Waals surface area contributed by atoms with Crippen LogP contribution in [-0.2, 0) is 16.1 Å². The van der Waals surface area contributed by atoms with Crippen molar-refractivity contribution in [3.8, 4) is 0 Å². The molecule has 2 aromatic rings. The summed E-state index contributed by atoms with van der Waals surface area (Å²) in [5, 5.41) is 2.87. The molecule has 0 bridgehead atoms. The summed E-state index contributed by atoms with van der Waals surface area (Å²) in [6.07, 6.45) is 1.94. The Balaban J connectivity index is 1.87. The van der Waals surface area contributed by atoms with Crippen molar-refractivity contribution >= 4 is 17.5 Å². The topological polar surface area (TPSA) is 62.3 Å². The molecule has 1 heterocycles. The molecule has 0 radical (unpaired) electrons. The fourth-order valence-electron chi connectivity index (χ4n) is 2.45. The molecule has 25 heavy (non-hydrogen) atoms. The Hall–Kier alpha value is -2.69. The van der Waals surface area contributed by atoms with Gasteiger partial charge in [0.2, 0.25) is 11.8 Å². The van der Waals surface area contributed by atoms with Gasteiger partial charge in [-0.15, -0.1) is 0 Å². The number of amides is 2. The summed E-state index contributed by atoms with van der Waals surface area (Å²) in [6, 6.07) is 13.4. The molecule has 0 saturated carbocycles. The molecular formula is C20H25N3O2. The zero-order chi connectivity index (χ0) is 18.2. The van der Waals surface area contributed by atoms with E-state index in [0.29, 0.717) is 19.0 Å². The number of nitrogens with one attached hydrogen (secondary N) is 1. The lowest BCUT2D eigenvalue weighted by atomic mass is 10.0. The van der Waals surface area contributed by atoms with E-state index in [0.717, 1.165) is 11.4 Å². The Kier molecular flexibility index (Phi) is 6.69. The number of benzene rings is 1. The predicted octanol–water partition coefficient (Wildman–Crippen LogP) is 3.58. The first kappa shape index (κ1) is 18.6. The van der Waals surface area contributed by atoms with Gasteiger partial charge in [0.05, 0.1) is 12.2 Å². The minimum absolute atomic E-state index is 0.0697. The molecule has 0 fully saturated rings. The Morgan fingerprint density at radius 3 is 2.40 bits per heavy atom. The van der Waals surface area contributed by atoms with Crippen LogP contribution < -0.4 is 5.32 Å². The highest BCUT2D eigenvalue weighted by molar-refractivity contribution is 5.91. The van der Waals surface area contributed by atoms with Gasteiger partial charge in [-0.25, -0.2) is 0 Å². The zero-order valence-electron chi connectivity index (χ0n) is 15.0. The SMILES string of the molecule is CC(=O)N(CCC(=O)Nc1ccc(C(C)C)cc1)Cc1ccccn1. The van der Waals surface area contributed by atoms with Crippen LogP contribution in [0.1, 0.15) is 44.4 Å². The highest BCUT2D eigenvalue weighted by atomic mass is 16.2. The van der Waals surface area contributed by atoms with Crippen LogP contribution in [0.5, 0.6) is 0 Å². The van der Waals surface area contributed by atoms with Crippen molar-refractivity contribution in [3.05, 3.63) is 59.9 Å². The molecule has 132 valence electrons. The third kappa shape index (κ3) is 6.03. The van der Waals surface area contributed by atoms with Gasteiger partial charge in [-0.1, -0.05) is 32.0 Å². The zero-order valence-corrected chi connectivity index (χ0v) is 15.0. The van der Waals surface area contributed by atoms with Crippen LogP contribution in [0.4, 0.5) is 5.69 Å². The first-order chi connectivity index (χ1) is 12.0. The van der Waals surface area contributed by atoms with Crippen LogP contribution in [0.3, 0.4) is 0 Å². The van der Waals surface area contributed by atoms with E-state index < -0.39 is 0 Å². The summed E-state index contributed by atoms with van der Waals surface area (Å²) < 4.78 is 0. The second-order valence-electron chi connectivity index (χ2n) is 6.34. The monoisotopic (exact) mass is 339 g/mol. The standard InChI is InChI=1S/C20H25N3O2/c1-15(2)17-7-9-18(10-8-17)22-20(25)11-13-23(16(3)24)14-19-6-4-5-12-21-19/h4-10,12,15H,11,13-14H2,1-3H3,(H,22,25). The van der Waals surface area contributed by atoms with Crippen LogP contribution in [0.25, 0.3) is 0 Å². The van der Waals surface area contributed by atoms with Gasteiger partial charge in [-0.3, -0.25) is 14.6 Å². The molecule has 0 unspecified atom stereocenters. The number of carbonyl (C=O) groups is 2. The van der Waals surface area contributed by atoms with Crippen molar-refractivity contribution in [2.75, 3.05) is 11.9 Å². The third-order valence-corrected chi connectivity index (χ3v) is 3.99. The molecule has 2 rings (SSSR count). The number of rotatable bonds is 7. The summed E-state index contributed by atoms with van der Waals surface area (Å²) in [6.45, 7) is 6.54. The van der Waals surface area contributed by atoms with Gasteiger partial charge in [0.1, 0.15) is 0 Å². The Bertz CT molecular complexity index is 697. The number of hydrogen-bond donors (Lipinski definition) is 1. The van der Waals surface area contributed by atoms with E-state index in [1.54, 1.807) is 11.1 Å². The average molecular weight is 339 g/mol. The normalized spacial score (nSPS) is 10.6. The highest BCUT2D eigenvalue weighted by Crippen LogP contribution is 2.17. The van der Waals surface area contributed by atoms with E-state index in [4.69, 9.17) is 0 Å². The fourth-order valence-corrected chi connectivity index (χ4v) is 2.45. The molecule has 0 aliphatic carbocycles. The quantitative estimate of drug-likeness (QED) is 0.838. The maximum Gasteiger partial charge on any atom is 0.226 e. The van der Waals surface area contributed by atoms with Crippen LogP contribution in [-0.4, -0.2) is 28.2 Å². The van der Waals surface area contributed by atoms with Gasteiger partial charge in [-0.05, 0) is 35.7 Å². The lowest BCUT2D eigenvalue weighted by Crippen LogP contribution is -2.31. The van der Waals surface area contributed by atoms with E-state index in [2.05, 4.69) is 24.1 Å². The molecule has 5 heteroatoms. The fraction of sp³-hybridized carbons (Fsp3) is 0.350. The molecule has 5 nitrogen and oxygen atoms in total.